The van der Waals surface area contributed by atoms with E-state index in [-0.39, 0.29) is 18.4 Å². The molecule has 6 nitrogen and oxygen atoms in total. The molecule has 0 unspecified atom stereocenters. The van der Waals surface area contributed by atoms with E-state index in [0.29, 0.717) is 5.92 Å². The van der Waals surface area contributed by atoms with Gasteiger partial charge in [0.05, 0.1) is 14.2 Å². The first-order valence-corrected chi connectivity index (χ1v) is 11.8. The molecule has 32 heavy (non-hydrogen) atoms. The van der Waals surface area contributed by atoms with Crippen molar-refractivity contribution >= 4 is 0 Å². The monoisotopic (exact) mass is 437 g/mol. The van der Waals surface area contributed by atoms with Crippen molar-refractivity contribution in [3.05, 3.63) is 41.5 Å². The summed E-state index contributed by atoms with van der Waals surface area (Å²) < 4.78 is 29.9. The highest BCUT2D eigenvalue weighted by molar-refractivity contribution is 5.58. The van der Waals surface area contributed by atoms with Gasteiger partial charge in [0.2, 0.25) is 6.79 Å². The third-order valence-electron chi connectivity index (χ3n) is 7.83. The summed E-state index contributed by atoms with van der Waals surface area (Å²) in [6, 6.07) is 10.4. The molecule has 1 saturated carbocycles. The number of hydrogen-bond donors (Lipinski definition) is 0. The summed E-state index contributed by atoms with van der Waals surface area (Å²) in [6.45, 7) is 2.46. The molecular formula is C26H31NO5. The first-order chi connectivity index (χ1) is 15.7. The lowest BCUT2D eigenvalue weighted by atomic mass is 9.66. The van der Waals surface area contributed by atoms with Crippen LogP contribution in [0.15, 0.2) is 30.3 Å². The minimum Gasteiger partial charge on any atom is -0.497 e. The summed E-state index contributed by atoms with van der Waals surface area (Å²) in [7, 11) is 3.44. The molecule has 0 amide bonds. The van der Waals surface area contributed by atoms with Crippen LogP contribution in [0, 0.1) is 5.92 Å². The van der Waals surface area contributed by atoms with E-state index in [1.165, 1.54) is 36.8 Å². The minimum absolute atomic E-state index is 0.148. The van der Waals surface area contributed by atoms with Gasteiger partial charge in [-0.3, -0.25) is 4.90 Å². The maximum absolute atomic E-state index is 7.03. The number of methoxy groups -OCH3 is 2. The molecule has 2 aromatic carbocycles. The van der Waals surface area contributed by atoms with Gasteiger partial charge < -0.3 is 23.7 Å². The lowest BCUT2D eigenvalue weighted by Gasteiger charge is -2.55. The number of nitrogens with zero attached hydrogens (tertiary/aromatic N) is 1. The first kappa shape index (κ1) is 20.0. The van der Waals surface area contributed by atoms with Gasteiger partial charge in [-0.25, -0.2) is 0 Å². The van der Waals surface area contributed by atoms with Gasteiger partial charge in [-0.1, -0.05) is 12.5 Å². The van der Waals surface area contributed by atoms with Crippen LogP contribution in [0.2, 0.25) is 0 Å². The molecule has 170 valence electrons. The zero-order valence-corrected chi connectivity index (χ0v) is 18.9. The van der Waals surface area contributed by atoms with E-state index in [1.54, 1.807) is 14.2 Å². The van der Waals surface area contributed by atoms with Crippen molar-refractivity contribution in [2.24, 2.45) is 5.92 Å². The molecule has 0 bridgehead atoms. The van der Waals surface area contributed by atoms with Gasteiger partial charge in [0.25, 0.3) is 0 Å². The van der Waals surface area contributed by atoms with Crippen LogP contribution >= 0.6 is 0 Å². The Labute approximate surface area is 189 Å². The molecule has 2 fully saturated rings. The number of hydrogen-bond acceptors (Lipinski definition) is 6. The summed E-state index contributed by atoms with van der Waals surface area (Å²) in [4.78, 5) is 2.62. The highest BCUT2D eigenvalue weighted by Crippen LogP contribution is 2.58. The van der Waals surface area contributed by atoms with Gasteiger partial charge >= 0.3 is 0 Å². The van der Waals surface area contributed by atoms with Crippen molar-refractivity contribution in [3.8, 4) is 28.7 Å². The Bertz CT molecular complexity index is 1020. The summed E-state index contributed by atoms with van der Waals surface area (Å²) >= 11 is 0. The van der Waals surface area contributed by atoms with E-state index >= 15 is 0 Å². The minimum atomic E-state index is -0.287. The van der Waals surface area contributed by atoms with Gasteiger partial charge in [-0.05, 0) is 37.8 Å². The lowest BCUT2D eigenvalue weighted by molar-refractivity contribution is -0.154. The second kappa shape index (κ2) is 7.77. The molecule has 0 N–H and O–H groups in total. The third kappa shape index (κ3) is 2.95. The van der Waals surface area contributed by atoms with Crippen molar-refractivity contribution in [1.82, 2.24) is 4.90 Å². The number of rotatable bonds is 4. The van der Waals surface area contributed by atoms with Crippen LogP contribution in [0.5, 0.6) is 28.7 Å². The van der Waals surface area contributed by atoms with Crippen LogP contribution < -0.4 is 23.7 Å². The van der Waals surface area contributed by atoms with E-state index in [0.717, 1.165) is 54.7 Å². The van der Waals surface area contributed by atoms with Gasteiger partial charge in [-0.15, -0.1) is 0 Å². The number of ether oxygens (including phenoxy) is 5. The van der Waals surface area contributed by atoms with E-state index in [4.69, 9.17) is 23.7 Å². The molecule has 3 aliphatic heterocycles. The number of likely N-dealkylation sites (tertiary alicyclic amines) is 1. The Hall–Kier alpha value is -2.60. The molecule has 0 aromatic heterocycles. The topological polar surface area (TPSA) is 49.4 Å². The number of benzene rings is 2. The molecular weight excluding hydrogens is 406 g/mol. The van der Waals surface area contributed by atoms with Crippen LogP contribution in [0.4, 0.5) is 0 Å². The largest absolute Gasteiger partial charge is 0.497 e. The second-order valence-electron chi connectivity index (χ2n) is 9.32. The van der Waals surface area contributed by atoms with Crippen molar-refractivity contribution in [3.63, 3.8) is 0 Å². The van der Waals surface area contributed by atoms with Gasteiger partial charge in [-0.2, -0.15) is 0 Å². The van der Waals surface area contributed by atoms with Crippen LogP contribution in [-0.4, -0.2) is 44.7 Å². The molecule has 0 spiro atoms. The Morgan fingerprint density at radius 3 is 2.47 bits per heavy atom. The summed E-state index contributed by atoms with van der Waals surface area (Å²) in [5.74, 6) is 4.64. The first-order valence-electron chi connectivity index (χ1n) is 11.8. The SMILES string of the molecule is COc1ccc([C@H]2c3cc4c(cc3O[C@]3(N5CCCC5)CCCC[C@H]23)OCO4)c(OC)c1. The van der Waals surface area contributed by atoms with Crippen LogP contribution in [0.1, 0.15) is 55.6 Å². The Balaban J connectivity index is 1.56. The lowest BCUT2D eigenvalue weighted by Crippen LogP contribution is -2.61. The van der Waals surface area contributed by atoms with E-state index < -0.39 is 0 Å². The van der Waals surface area contributed by atoms with E-state index in [9.17, 15) is 0 Å². The smallest absolute Gasteiger partial charge is 0.231 e. The predicted molar refractivity (Wildman–Crippen MR) is 120 cm³/mol. The fraction of sp³-hybridized carbons (Fsp3) is 0.538. The molecule has 2 aromatic rings. The Morgan fingerprint density at radius 1 is 0.875 bits per heavy atom. The number of fused-ring (bicyclic) bond motifs is 3. The van der Waals surface area contributed by atoms with Gasteiger partial charge in [0, 0.05) is 54.6 Å². The highest BCUT2D eigenvalue weighted by Gasteiger charge is 2.55. The zero-order valence-electron chi connectivity index (χ0n) is 18.9. The second-order valence-corrected chi connectivity index (χ2v) is 9.32. The van der Waals surface area contributed by atoms with Crippen molar-refractivity contribution < 1.29 is 23.7 Å². The average Bonchev–Trinajstić information content (AvgIpc) is 3.53. The molecule has 0 radical (unpaired) electrons. The highest BCUT2D eigenvalue weighted by atomic mass is 16.7. The van der Waals surface area contributed by atoms with E-state index in [1.807, 2.05) is 18.2 Å². The zero-order chi connectivity index (χ0) is 21.7. The fourth-order valence-corrected chi connectivity index (χ4v) is 6.40. The Morgan fingerprint density at radius 2 is 1.69 bits per heavy atom. The van der Waals surface area contributed by atoms with Crippen molar-refractivity contribution in [1.29, 1.82) is 0 Å². The fourth-order valence-electron chi connectivity index (χ4n) is 6.40. The van der Waals surface area contributed by atoms with Crippen LogP contribution in [-0.2, 0) is 0 Å². The summed E-state index contributed by atoms with van der Waals surface area (Å²) in [5, 5.41) is 0. The van der Waals surface area contributed by atoms with Gasteiger partial charge in [0.15, 0.2) is 17.2 Å². The molecule has 6 heteroatoms. The predicted octanol–water partition coefficient (Wildman–Crippen LogP) is 4.94. The molecule has 1 aliphatic carbocycles. The third-order valence-corrected chi connectivity index (χ3v) is 7.83. The van der Waals surface area contributed by atoms with E-state index in [2.05, 4.69) is 17.0 Å². The molecule has 3 atom stereocenters. The maximum Gasteiger partial charge on any atom is 0.231 e. The standard InChI is InChI=1S/C26H31NO5/c1-28-17-8-9-18(21(13-17)29-2)25-19-14-23-24(31-16-30-23)15-22(19)32-26(27-11-5-6-12-27)10-4-3-7-20(25)26/h8-9,13-15,20,25H,3-7,10-12,16H2,1-2H3/t20-,25+,26-/m1/s1. The maximum atomic E-state index is 7.03. The quantitative estimate of drug-likeness (QED) is 0.675. The normalized spacial score (nSPS) is 28.6. The Kier molecular flexibility index (Phi) is 4.86. The van der Waals surface area contributed by atoms with Gasteiger partial charge in [0.1, 0.15) is 17.2 Å². The molecule has 1 saturated heterocycles. The molecule has 6 rings (SSSR count). The molecule has 3 heterocycles. The summed E-state index contributed by atoms with van der Waals surface area (Å²) in [5.41, 5.74) is 2.07. The van der Waals surface area contributed by atoms with Crippen LogP contribution in [0.3, 0.4) is 0 Å². The molecule has 4 aliphatic rings. The summed E-state index contributed by atoms with van der Waals surface area (Å²) in [6.07, 6.45) is 7.08. The van der Waals surface area contributed by atoms with Crippen LogP contribution in [0.25, 0.3) is 0 Å². The average molecular weight is 438 g/mol. The van der Waals surface area contributed by atoms with Crippen molar-refractivity contribution in [2.45, 2.75) is 50.2 Å². The van der Waals surface area contributed by atoms with Crippen molar-refractivity contribution in [2.75, 3.05) is 34.1 Å².